The fourth-order valence-electron chi connectivity index (χ4n) is 1.90. The molecule has 0 aliphatic rings. The number of hydrogen-bond acceptors (Lipinski definition) is 3. The Labute approximate surface area is 121 Å². The van der Waals surface area contributed by atoms with Crippen molar-refractivity contribution >= 4 is 12.0 Å². The Morgan fingerprint density at radius 3 is 2.20 bits per heavy atom. The van der Waals surface area contributed by atoms with Crippen LogP contribution < -0.4 is 10.6 Å². The molecule has 0 saturated carbocycles. The SMILES string of the molecule is CCCN(CC)CCNC(=O)N[C@@H](C(=O)O)C(C)(C)C. The highest BCUT2D eigenvalue weighted by Gasteiger charge is 2.32. The molecule has 2 amide bonds. The molecule has 0 fully saturated rings. The predicted octanol–water partition coefficient (Wildman–Crippen LogP) is 1.52. The number of nitrogens with zero attached hydrogens (tertiary/aromatic N) is 1. The van der Waals surface area contributed by atoms with Gasteiger partial charge in [0.15, 0.2) is 0 Å². The highest BCUT2D eigenvalue weighted by Crippen LogP contribution is 2.19. The molecule has 0 bridgehead atoms. The number of hydrogen-bond donors (Lipinski definition) is 3. The average Bonchev–Trinajstić information content (AvgIpc) is 2.33. The molecule has 0 aliphatic carbocycles. The molecule has 118 valence electrons. The minimum absolute atomic E-state index is 0.431. The van der Waals surface area contributed by atoms with Crippen LogP contribution in [-0.2, 0) is 4.79 Å². The summed E-state index contributed by atoms with van der Waals surface area (Å²) in [5.74, 6) is -1.02. The summed E-state index contributed by atoms with van der Waals surface area (Å²) in [7, 11) is 0. The maximum Gasteiger partial charge on any atom is 0.326 e. The van der Waals surface area contributed by atoms with Crippen LogP contribution in [-0.4, -0.2) is 54.2 Å². The van der Waals surface area contributed by atoms with Gasteiger partial charge in [0, 0.05) is 13.1 Å². The van der Waals surface area contributed by atoms with E-state index in [0.717, 1.165) is 26.1 Å². The Morgan fingerprint density at radius 2 is 1.80 bits per heavy atom. The molecule has 1 atom stereocenters. The standard InChI is InChI=1S/C14H29N3O3/c1-6-9-17(7-2)10-8-15-13(20)16-11(12(18)19)14(3,4)5/h11H,6-10H2,1-5H3,(H,18,19)(H2,15,16,20)/t11-/m0/s1. The monoisotopic (exact) mass is 287 g/mol. The zero-order valence-electron chi connectivity index (χ0n) is 13.3. The highest BCUT2D eigenvalue weighted by atomic mass is 16.4. The molecule has 0 rings (SSSR count). The molecule has 0 aromatic rings. The fraction of sp³-hybridized carbons (Fsp3) is 0.857. The van der Waals surface area contributed by atoms with Crippen LogP contribution in [0, 0.1) is 5.41 Å². The summed E-state index contributed by atoms with van der Waals surface area (Å²) in [5, 5.41) is 14.3. The molecule has 20 heavy (non-hydrogen) atoms. The first-order valence-corrected chi connectivity index (χ1v) is 7.21. The molecule has 0 spiro atoms. The number of rotatable bonds is 8. The van der Waals surface area contributed by atoms with Crippen LogP contribution in [0.25, 0.3) is 0 Å². The van der Waals surface area contributed by atoms with E-state index in [9.17, 15) is 9.59 Å². The molecule has 0 aromatic carbocycles. The van der Waals surface area contributed by atoms with Gasteiger partial charge in [0.05, 0.1) is 0 Å². The third-order valence-corrected chi connectivity index (χ3v) is 3.09. The Bertz CT molecular complexity index is 313. The van der Waals surface area contributed by atoms with E-state index in [1.54, 1.807) is 20.8 Å². The molecule has 0 aromatic heterocycles. The van der Waals surface area contributed by atoms with E-state index in [4.69, 9.17) is 5.11 Å². The third kappa shape index (κ3) is 7.33. The van der Waals surface area contributed by atoms with E-state index in [0.29, 0.717) is 6.54 Å². The second-order valence-corrected chi connectivity index (χ2v) is 5.97. The van der Waals surface area contributed by atoms with Gasteiger partial charge in [-0.2, -0.15) is 0 Å². The Balaban J connectivity index is 4.18. The van der Waals surface area contributed by atoms with Gasteiger partial charge >= 0.3 is 12.0 Å². The number of nitrogens with one attached hydrogen (secondary N) is 2. The predicted molar refractivity (Wildman–Crippen MR) is 79.8 cm³/mol. The molecular weight excluding hydrogens is 258 g/mol. The number of carbonyl (C=O) groups excluding carboxylic acids is 1. The van der Waals surface area contributed by atoms with Crippen molar-refractivity contribution in [3.63, 3.8) is 0 Å². The van der Waals surface area contributed by atoms with Crippen molar-refractivity contribution in [1.29, 1.82) is 0 Å². The topological polar surface area (TPSA) is 81.7 Å². The first-order valence-electron chi connectivity index (χ1n) is 7.21. The van der Waals surface area contributed by atoms with E-state index >= 15 is 0 Å². The highest BCUT2D eigenvalue weighted by molar-refractivity contribution is 5.83. The summed E-state index contributed by atoms with van der Waals surface area (Å²) in [4.78, 5) is 25.1. The molecule has 3 N–H and O–H groups in total. The number of likely N-dealkylation sites (N-methyl/N-ethyl adjacent to an activating group) is 1. The van der Waals surface area contributed by atoms with E-state index in [-0.39, 0.29) is 0 Å². The van der Waals surface area contributed by atoms with Crippen molar-refractivity contribution in [3.8, 4) is 0 Å². The van der Waals surface area contributed by atoms with Crippen LogP contribution in [0.4, 0.5) is 4.79 Å². The van der Waals surface area contributed by atoms with Gasteiger partial charge in [-0.25, -0.2) is 9.59 Å². The number of urea groups is 1. The van der Waals surface area contributed by atoms with Crippen molar-refractivity contribution in [2.24, 2.45) is 5.41 Å². The van der Waals surface area contributed by atoms with Gasteiger partial charge in [0.1, 0.15) is 6.04 Å². The molecule has 6 heteroatoms. The van der Waals surface area contributed by atoms with Gasteiger partial charge in [-0.3, -0.25) is 0 Å². The van der Waals surface area contributed by atoms with Crippen LogP contribution >= 0.6 is 0 Å². The van der Waals surface area contributed by atoms with Crippen molar-refractivity contribution in [2.75, 3.05) is 26.2 Å². The van der Waals surface area contributed by atoms with E-state index in [1.165, 1.54) is 0 Å². The van der Waals surface area contributed by atoms with Gasteiger partial charge in [-0.15, -0.1) is 0 Å². The number of carboxylic acid groups (broad SMARTS) is 1. The summed E-state index contributed by atoms with van der Waals surface area (Å²) in [6, 6.07) is -1.33. The molecule has 0 radical (unpaired) electrons. The maximum absolute atomic E-state index is 11.7. The number of carbonyl (C=O) groups is 2. The molecule has 0 unspecified atom stereocenters. The van der Waals surface area contributed by atoms with Gasteiger partial charge < -0.3 is 20.6 Å². The molecular formula is C14H29N3O3. The zero-order chi connectivity index (χ0) is 15.8. The largest absolute Gasteiger partial charge is 0.480 e. The summed E-state index contributed by atoms with van der Waals surface area (Å²) in [6.07, 6.45) is 1.07. The Kier molecular flexibility index (Phi) is 8.22. The lowest BCUT2D eigenvalue weighted by molar-refractivity contribution is -0.141. The van der Waals surface area contributed by atoms with Gasteiger partial charge in [0.2, 0.25) is 0 Å². The number of amides is 2. The molecule has 0 saturated heterocycles. The third-order valence-electron chi connectivity index (χ3n) is 3.09. The maximum atomic E-state index is 11.7. The minimum Gasteiger partial charge on any atom is -0.480 e. The summed E-state index contributed by atoms with van der Waals surface area (Å²) in [6.45, 7) is 12.8. The summed E-state index contributed by atoms with van der Waals surface area (Å²) >= 11 is 0. The summed E-state index contributed by atoms with van der Waals surface area (Å²) < 4.78 is 0. The normalized spacial score (nSPS) is 13.1. The second-order valence-electron chi connectivity index (χ2n) is 5.97. The molecule has 0 heterocycles. The van der Waals surface area contributed by atoms with Crippen LogP contribution in [0.2, 0.25) is 0 Å². The van der Waals surface area contributed by atoms with Crippen LogP contribution in [0.3, 0.4) is 0 Å². The fourth-order valence-corrected chi connectivity index (χ4v) is 1.90. The van der Waals surface area contributed by atoms with E-state index < -0.39 is 23.5 Å². The van der Waals surface area contributed by atoms with Crippen molar-refractivity contribution < 1.29 is 14.7 Å². The van der Waals surface area contributed by atoms with Crippen molar-refractivity contribution in [1.82, 2.24) is 15.5 Å². The Morgan fingerprint density at radius 1 is 1.20 bits per heavy atom. The smallest absolute Gasteiger partial charge is 0.326 e. The van der Waals surface area contributed by atoms with Gasteiger partial charge in [0.25, 0.3) is 0 Å². The van der Waals surface area contributed by atoms with Crippen LogP contribution in [0.15, 0.2) is 0 Å². The van der Waals surface area contributed by atoms with Crippen LogP contribution in [0.1, 0.15) is 41.0 Å². The molecule has 6 nitrogen and oxygen atoms in total. The minimum atomic E-state index is -1.02. The lowest BCUT2D eigenvalue weighted by atomic mass is 9.87. The van der Waals surface area contributed by atoms with Gasteiger partial charge in [-0.1, -0.05) is 34.6 Å². The van der Waals surface area contributed by atoms with E-state index in [2.05, 4.69) is 29.4 Å². The van der Waals surface area contributed by atoms with Crippen LogP contribution in [0.5, 0.6) is 0 Å². The van der Waals surface area contributed by atoms with Crippen molar-refractivity contribution in [2.45, 2.75) is 47.1 Å². The quantitative estimate of drug-likeness (QED) is 0.632. The molecule has 0 aliphatic heterocycles. The van der Waals surface area contributed by atoms with Crippen molar-refractivity contribution in [3.05, 3.63) is 0 Å². The lowest BCUT2D eigenvalue weighted by Crippen LogP contribution is -2.53. The zero-order valence-corrected chi connectivity index (χ0v) is 13.3. The van der Waals surface area contributed by atoms with Gasteiger partial charge in [-0.05, 0) is 24.9 Å². The Hall–Kier alpha value is -1.30. The first-order chi connectivity index (χ1) is 9.22. The lowest BCUT2D eigenvalue weighted by Gasteiger charge is -2.28. The van der Waals surface area contributed by atoms with E-state index in [1.807, 2.05) is 0 Å². The summed E-state index contributed by atoms with van der Waals surface area (Å²) in [5.41, 5.74) is -0.527. The second kappa shape index (κ2) is 8.79. The first kappa shape index (κ1) is 18.7. The average molecular weight is 287 g/mol. The number of aliphatic carboxylic acids is 1. The number of carboxylic acids is 1.